The van der Waals surface area contributed by atoms with Gasteiger partial charge in [0.25, 0.3) is 11.8 Å². The van der Waals surface area contributed by atoms with Crippen molar-refractivity contribution in [2.45, 2.75) is 18.9 Å². The van der Waals surface area contributed by atoms with Crippen molar-refractivity contribution in [1.29, 1.82) is 0 Å². The van der Waals surface area contributed by atoms with Crippen LogP contribution in [0.5, 0.6) is 0 Å². The summed E-state index contributed by atoms with van der Waals surface area (Å²) in [7, 11) is 0. The van der Waals surface area contributed by atoms with Crippen LogP contribution in [0.3, 0.4) is 0 Å². The monoisotopic (exact) mass is 437 g/mol. The van der Waals surface area contributed by atoms with Crippen molar-refractivity contribution in [2.24, 2.45) is 5.73 Å². The summed E-state index contributed by atoms with van der Waals surface area (Å²) in [4.78, 5) is 52.4. The molecule has 0 bridgehead atoms. The topological polar surface area (TPSA) is 138 Å². The van der Waals surface area contributed by atoms with Crippen molar-refractivity contribution < 1.29 is 28.7 Å². The molecule has 0 aliphatic carbocycles. The summed E-state index contributed by atoms with van der Waals surface area (Å²) in [6.07, 6.45) is 3.31. The zero-order chi connectivity index (χ0) is 21.6. The molecule has 0 radical (unpaired) electrons. The van der Waals surface area contributed by atoms with Crippen molar-refractivity contribution >= 4 is 51.9 Å². The SMILES string of the molecule is CCOC(=O)c1c(NC(=O)COC(=O)c2cccnc2SC)sc(C(N)=O)c1C. The quantitative estimate of drug-likeness (QED) is 0.474. The number of carbonyl (C=O) groups excluding carboxylic acids is 4. The molecule has 0 unspecified atom stereocenters. The molecule has 2 aromatic heterocycles. The number of nitrogens with zero attached hydrogens (tertiary/aromatic N) is 1. The number of pyridine rings is 1. The number of hydrogen-bond donors (Lipinski definition) is 2. The van der Waals surface area contributed by atoms with Gasteiger partial charge in [-0.2, -0.15) is 0 Å². The van der Waals surface area contributed by atoms with Gasteiger partial charge in [-0.05, 0) is 37.8 Å². The highest BCUT2D eigenvalue weighted by atomic mass is 32.2. The number of hydrogen-bond acceptors (Lipinski definition) is 9. The van der Waals surface area contributed by atoms with Crippen LogP contribution in [0.4, 0.5) is 5.00 Å². The van der Waals surface area contributed by atoms with E-state index >= 15 is 0 Å². The molecule has 29 heavy (non-hydrogen) atoms. The predicted molar refractivity (Wildman–Crippen MR) is 108 cm³/mol. The molecule has 2 rings (SSSR count). The first-order valence-corrected chi connectivity index (χ1v) is 10.4. The van der Waals surface area contributed by atoms with Gasteiger partial charge in [-0.25, -0.2) is 14.6 Å². The number of aromatic nitrogens is 1. The van der Waals surface area contributed by atoms with E-state index in [9.17, 15) is 19.2 Å². The fourth-order valence-corrected chi connectivity index (χ4v) is 3.97. The zero-order valence-electron chi connectivity index (χ0n) is 15.9. The van der Waals surface area contributed by atoms with Gasteiger partial charge < -0.3 is 20.5 Å². The maximum Gasteiger partial charge on any atom is 0.341 e. The Balaban J connectivity index is 2.14. The van der Waals surface area contributed by atoms with Crippen LogP contribution in [0.15, 0.2) is 23.4 Å². The number of nitrogens with two attached hydrogens (primary N) is 1. The van der Waals surface area contributed by atoms with E-state index in [2.05, 4.69) is 10.3 Å². The Morgan fingerprint density at radius 1 is 1.24 bits per heavy atom. The molecular weight excluding hydrogens is 418 g/mol. The molecule has 0 spiro atoms. The molecule has 2 aromatic rings. The first kappa shape index (κ1) is 22.4. The lowest BCUT2D eigenvalue weighted by atomic mass is 10.1. The summed E-state index contributed by atoms with van der Waals surface area (Å²) >= 11 is 2.12. The highest BCUT2D eigenvalue weighted by molar-refractivity contribution is 7.98. The largest absolute Gasteiger partial charge is 0.462 e. The van der Waals surface area contributed by atoms with Crippen LogP contribution < -0.4 is 11.1 Å². The molecular formula is C18H19N3O6S2. The number of carbonyl (C=O) groups is 4. The average Bonchev–Trinajstić information content (AvgIpc) is 3.02. The van der Waals surface area contributed by atoms with E-state index < -0.39 is 30.4 Å². The van der Waals surface area contributed by atoms with Crippen molar-refractivity contribution in [3.63, 3.8) is 0 Å². The Morgan fingerprint density at radius 2 is 1.97 bits per heavy atom. The molecule has 9 nitrogen and oxygen atoms in total. The van der Waals surface area contributed by atoms with Crippen LogP contribution in [0.25, 0.3) is 0 Å². The molecule has 0 fully saturated rings. The molecule has 2 amide bonds. The zero-order valence-corrected chi connectivity index (χ0v) is 17.6. The normalized spacial score (nSPS) is 10.3. The van der Waals surface area contributed by atoms with E-state index in [1.807, 2.05) is 0 Å². The van der Waals surface area contributed by atoms with E-state index in [4.69, 9.17) is 15.2 Å². The minimum atomic E-state index is -0.730. The number of rotatable bonds is 8. The third-order valence-corrected chi connectivity index (χ3v) is 5.56. The van der Waals surface area contributed by atoms with Gasteiger partial charge in [0.15, 0.2) is 6.61 Å². The van der Waals surface area contributed by atoms with Crippen LogP contribution in [-0.2, 0) is 14.3 Å². The summed E-state index contributed by atoms with van der Waals surface area (Å²) < 4.78 is 10.0. The van der Waals surface area contributed by atoms with Crippen LogP contribution in [0.1, 0.15) is 42.9 Å². The van der Waals surface area contributed by atoms with Gasteiger partial charge in [0, 0.05) is 6.20 Å². The van der Waals surface area contributed by atoms with Crippen LogP contribution in [-0.4, -0.2) is 48.2 Å². The lowest BCUT2D eigenvalue weighted by Gasteiger charge is -2.09. The summed E-state index contributed by atoms with van der Waals surface area (Å²) in [5.74, 6) is -2.81. The number of nitrogens with one attached hydrogen (secondary N) is 1. The third-order valence-electron chi connectivity index (χ3n) is 3.62. The van der Waals surface area contributed by atoms with Gasteiger partial charge in [-0.15, -0.1) is 23.1 Å². The first-order valence-electron chi connectivity index (χ1n) is 8.36. The number of thiophene rings is 1. The van der Waals surface area contributed by atoms with E-state index in [-0.39, 0.29) is 27.6 Å². The number of ether oxygens (including phenoxy) is 2. The molecule has 0 saturated heterocycles. The molecule has 2 heterocycles. The van der Waals surface area contributed by atoms with Gasteiger partial charge in [0.05, 0.1) is 22.6 Å². The molecule has 0 aromatic carbocycles. The van der Waals surface area contributed by atoms with Crippen molar-refractivity contribution in [3.8, 4) is 0 Å². The molecule has 11 heteroatoms. The first-order chi connectivity index (χ1) is 13.8. The predicted octanol–water partition coefficient (Wildman–Crippen LogP) is 2.24. The average molecular weight is 437 g/mol. The summed E-state index contributed by atoms with van der Waals surface area (Å²) in [5.41, 5.74) is 5.92. The summed E-state index contributed by atoms with van der Waals surface area (Å²) in [6, 6.07) is 3.13. The third kappa shape index (κ3) is 5.33. The molecule has 3 N–H and O–H groups in total. The maximum atomic E-state index is 12.3. The van der Waals surface area contributed by atoms with Crippen molar-refractivity contribution in [1.82, 2.24) is 4.98 Å². The van der Waals surface area contributed by atoms with Gasteiger partial charge >= 0.3 is 11.9 Å². The van der Waals surface area contributed by atoms with E-state index in [1.165, 1.54) is 18.7 Å². The van der Waals surface area contributed by atoms with Crippen LogP contribution in [0, 0.1) is 6.92 Å². The van der Waals surface area contributed by atoms with Crippen LogP contribution in [0.2, 0.25) is 0 Å². The molecule has 0 aliphatic rings. The molecule has 154 valence electrons. The van der Waals surface area contributed by atoms with E-state index in [0.29, 0.717) is 10.6 Å². The van der Waals surface area contributed by atoms with Gasteiger partial charge in [0.1, 0.15) is 10.0 Å². The highest BCUT2D eigenvalue weighted by Crippen LogP contribution is 2.33. The standard InChI is InChI=1S/C18H19N3O6S2/c1-4-26-18(25)12-9(2)13(14(19)23)29-16(12)21-11(22)8-27-17(24)10-6-5-7-20-15(10)28-3/h5-7H,4,8H2,1-3H3,(H2,19,23)(H,21,22). The Labute approximate surface area is 175 Å². The fourth-order valence-electron chi connectivity index (χ4n) is 2.37. The molecule has 0 aliphatic heterocycles. The number of amides is 2. The number of esters is 2. The second-order valence-corrected chi connectivity index (χ2v) is 7.35. The lowest BCUT2D eigenvalue weighted by molar-refractivity contribution is -0.119. The van der Waals surface area contributed by atoms with E-state index in [1.54, 1.807) is 31.5 Å². The van der Waals surface area contributed by atoms with Crippen molar-refractivity contribution in [3.05, 3.63) is 39.9 Å². The smallest absolute Gasteiger partial charge is 0.341 e. The fraction of sp³-hybridized carbons (Fsp3) is 0.278. The van der Waals surface area contributed by atoms with Gasteiger partial charge in [-0.3, -0.25) is 9.59 Å². The van der Waals surface area contributed by atoms with Crippen LogP contribution >= 0.6 is 23.1 Å². The Bertz CT molecular complexity index is 957. The van der Waals surface area contributed by atoms with E-state index in [0.717, 1.165) is 11.3 Å². The number of anilines is 1. The Kier molecular flexibility index (Phi) is 7.74. The summed E-state index contributed by atoms with van der Waals surface area (Å²) in [6.45, 7) is 2.69. The molecule has 0 atom stereocenters. The summed E-state index contributed by atoms with van der Waals surface area (Å²) in [5, 5.41) is 3.05. The Morgan fingerprint density at radius 3 is 2.59 bits per heavy atom. The van der Waals surface area contributed by atoms with Gasteiger partial charge in [0.2, 0.25) is 0 Å². The second-order valence-electron chi connectivity index (χ2n) is 5.53. The number of thioether (sulfide) groups is 1. The maximum absolute atomic E-state index is 12.3. The molecule has 0 saturated carbocycles. The lowest BCUT2D eigenvalue weighted by Crippen LogP contribution is -2.22. The minimum Gasteiger partial charge on any atom is -0.462 e. The van der Waals surface area contributed by atoms with Crippen molar-refractivity contribution in [2.75, 3.05) is 24.8 Å². The van der Waals surface area contributed by atoms with Gasteiger partial charge in [-0.1, -0.05) is 0 Å². The highest BCUT2D eigenvalue weighted by Gasteiger charge is 2.26. The minimum absolute atomic E-state index is 0.0438. The number of primary amides is 1. The second kappa shape index (κ2) is 10.0. The Hall–Kier alpha value is -2.92.